The lowest BCUT2D eigenvalue weighted by Crippen LogP contribution is -2.38. The van der Waals surface area contributed by atoms with Crippen LogP contribution in [0.1, 0.15) is 19.4 Å². The van der Waals surface area contributed by atoms with Gasteiger partial charge in [-0.05, 0) is 43.7 Å². The molecule has 134 valence electrons. The predicted molar refractivity (Wildman–Crippen MR) is 95.6 cm³/mol. The number of benzene rings is 1. The first-order chi connectivity index (χ1) is 12.5. The number of carbonyl (C=O) groups excluding carboxylic acids is 1. The van der Waals surface area contributed by atoms with Gasteiger partial charge in [0.25, 0.3) is 5.91 Å². The van der Waals surface area contributed by atoms with Crippen molar-refractivity contribution in [3.05, 3.63) is 54.2 Å². The molecule has 0 fully saturated rings. The average molecular weight is 353 g/mol. The minimum absolute atomic E-state index is 0.480. The van der Waals surface area contributed by atoms with Gasteiger partial charge in [0.05, 0.1) is 17.9 Å². The van der Waals surface area contributed by atoms with Crippen molar-refractivity contribution in [3.63, 3.8) is 0 Å². The van der Waals surface area contributed by atoms with Gasteiger partial charge in [-0.15, -0.1) is 0 Å². The molecule has 26 heavy (non-hydrogen) atoms. The van der Waals surface area contributed by atoms with Gasteiger partial charge in [-0.3, -0.25) is 10.0 Å². The minimum Gasteiger partial charge on any atom is -0.481 e. The van der Waals surface area contributed by atoms with E-state index in [4.69, 9.17) is 14.7 Å². The molecule has 2 heterocycles. The number of hydrogen-bond donors (Lipinski definition) is 2. The number of nitrogens with one attached hydrogen (secondary N) is 1. The van der Waals surface area contributed by atoms with Crippen molar-refractivity contribution in [2.24, 2.45) is 0 Å². The molecule has 1 amide bonds. The van der Waals surface area contributed by atoms with Gasteiger partial charge in [0.15, 0.2) is 5.65 Å². The molecule has 0 spiro atoms. The predicted octanol–water partition coefficient (Wildman–Crippen LogP) is 3.21. The quantitative estimate of drug-likeness (QED) is 0.540. The Balaban J connectivity index is 1.88. The highest BCUT2D eigenvalue weighted by atomic mass is 16.5. The van der Waals surface area contributed by atoms with E-state index in [0.29, 0.717) is 23.0 Å². The number of hydrogen-bond acceptors (Lipinski definition) is 6. The molecule has 7 heteroatoms. The number of nitrogens with zero attached hydrogens (tertiary/aromatic N) is 2. The molecular formula is C19H19N3O4. The molecule has 0 aliphatic rings. The molecule has 7 nitrogen and oxygen atoms in total. The number of methoxy groups -OCH3 is 1. The Hall–Kier alpha value is -3.19. The fourth-order valence-electron chi connectivity index (χ4n) is 2.53. The first-order valence-electron chi connectivity index (χ1n) is 7.98. The Kier molecular flexibility index (Phi) is 4.73. The lowest BCUT2D eigenvalue weighted by Gasteiger charge is -2.22. The number of hydroxylamine groups is 1. The van der Waals surface area contributed by atoms with Gasteiger partial charge in [-0.25, -0.2) is 10.5 Å². The topological polar surface area (TPSA) is 93.6 Å². The number of pyridine rings is 2. The zero-order valence-electron chi connectivity index (χ0n) is 14.7. The van der Waals surface area contributed by atoms with E-state index in [1.165, 1.54) is 0 Å². The van der Waals surface area contributed by atoms with Crippen LogP contribution in [0.25, 0.3) is 11.0 Å². The van der Waals surface area contributed by atoms with Crippen LogP contribution in [-0.4, -0.2) is 28.2 Å². The van der Waals surface area contributed by atoms with Crippen LogP contribution in [0.5, 0.6) is 17.4 Å². The summed E-state index contributed by atoms with van der Waals surface area (Å²) in [4.78, 5) is 20.3. The maximum Gasteiger partial charge on any atom is 0.253 e. The largest absolute Gasteiger partial charge is 0.481 e. The first kappa shape index (κ1) is 17.6. The second-order valence-corrected chi connectivity index (χ2v) is 6.23. The second-order valence-electron chi connectivity index (χ2n) is 6.23. The fraction of sp³-hybridized carbons (Fsp3) is 0.211. The summed E-state index contributed by atoms with van der Waals surface area (Å²) >= 11 is 0. The lowest BCUT2D eigenvalue weighted by atomic mass is 9.84. The molecule has 0 aliphatic heterocycles. The molecule has 0 saturated heterocycles. The van der Waals surface area contributed by atoms with Crippen LogP contribution in [0.3, 0.4) is 0 Å². The SMILES string of the molecule is COc1ccc2c(Oc3ccc(C(C)(C)C(=O)NO)cc3)ccnc2n1. The van der Waals surface area contributed by atoms with Crippen molar-refractivity contribution in [1.29, 1.82) is 0 Å². The van der Waals surface area contributed by atoms with Crippen molar-refractivity contribution in [1.82, 2.24) is 15.4 Å². The summed E-state index contributed by atoms with van der Waals surface area (Å²) < 4.78 is 11.1. The highest BCUT2D eigenvalue weighted by Crippen LogP contribution is 2.31. The van der Waals surface area contributed by atoms with Crippen molar-refractivity contribution >= 4 is 16.9 Å². The van der Waals surface area contributed by atoms with E-state index in [0.717, 1.165) is 10.9 Å². The van der Waals surface area contributed by atoms with Crippen LogP contribution in [0.4, 0.5) is 0 Å². The number of amides is 1. The summed E-state index contributed by atoms with van der Waals surface area (Å²) in [6.07, 6.45) is 1.62. The third-order valence-corrected chi connectivity index (χ3v) is 4.22. The van der Waals surface area contributed by atoms with Gasteiger partial charge < -0.3 is 9.47 Å². The van der Waals surface area contributed by atoms with E-state index >= 15 is 0 Å². The lowest BCUT2D eigenvalue weighted by molar-refractivity contribution is -0.134. The molecule has 3 rings (SSSR count). The molecule has 3 aromatic rings. The third kappa shape index (κ3) is 3.29. The van der Waals surface area contributed by atoms with Crippen molar-refractivity contribution in [2.75, 3.05) is 7.11 Å². The Morgan fingerprint density at radius 3 is 2.50 bits per heavy atom. The van der Waals surface area contributed by atoms with E-state index in [9.17, 15) is 4.79 Å². The molecule has 0 radical (unpaired) electrons. The zero-order valence-corrected chi connectivity index (χ0v) is 14.7. The standard InChI is InChI=1S/C19H19N3O4/c1-19(2,18(23)22-24)12-4-6-13(7-5-12)26-15-10-11-20-17-14(15)8-9-16(21-17)25-3/h4-11,24H,1-3H3,(H,22,23). The highest BCUT2D eigenvalue weighted by Gasteiger charge is 2.29. The Labute approximate surface area is 150 Å². The molecule has 0 bridgehead atoms. The number of fused-ring (bicyclic) bond motifs is 1. The van der Waals surface area contributed by atoms with Gasteiger partial charge in [0, 0.05) is 12.3 Å². The molecule has 1 aromatic carbocycles. The van der Waals surface area contributed by atoms with E-state index in [2.05, 4.69) is 9.97 Å². The second kappa shape index (κ2) is 6.97. The normalized spacial score (nSPS) is 11.2. The van der Waals surface area contributed by atoms with E-state index in [1.807, 2.05) is 6.07 Å². The summed E-state index contributed by atoms with van der Waals surface area (Å²) in [5, 5.41) is 9.64. The maximum absolute atomic E-state index is 11.8. The number of aromatic nitrogens is 2. The zero-order chi connectivity index (χ0) is 18.7. The number of rotatable bonds is 5. The maximum atomic E-state index is 11.8. The van der Waals surface area contributed by atoms with Crippen LogP contribution >= 0.6 is 0 Å². The average Bonchev–Trinajstić information content (AvgIpc) is 2.67. The highest BCUT2D eigenvalue weighted by molar-refractivity contribution is 5.86. The van der Waals surface area contributed by atoms with Gasteiger partial charge in [-0.2, -0.15) is 4.98 Å². The fourth-order valence-corrected chi connectivity index (χ4v) is 2.53. The van der Waals surface area contributed by atoms with Gasteiger partial charge >= 0.3 is 0 Å². The Bertz CT molecular complexity index is 939. The van der Waals surface area contributed by atoms with Gasteiger partial charge in [0.1, 0.15) is 11.5 Å². The molecule has 2 aromatic heterocycles. The van der Waals surface area contributed by atoms with Gasteiger partial charge in [-0.1, -0.05) is 12.1 Å². The summed E-state index contributed by atoms with van der Waals surface area (Å²) in [6, 6.07) is 12.5. The van der Waals surface area contributed by atoms with E-state index in [1.54, 1.807) is 69.0 Å². The van der Waals surface area contributed by atoms with Crippen LogP contribution in [0.15, 0.2) is 48.7 Å². The molecule has 2 N–H and O–H groups in total. The van der Waals surface area contributed by atoms with Crippen LogP contribution < -0.4 is 15.0 Å². The first-order valence-corrected chi connectivity index (χ1v) is 7.98. The smallest absolute Gasteiger partial charge is 0.253 e. The number of carbonyl (C=O) groups is 1. The molecule has 0 saturated carbocycles. The van der Waals surface area contributed by atoms with Crippen molar-refractivity contribution in [3.8, 4) is 17.4 Å². The molecule has 0 unspecified atom stereocenters. The number of ether oxygens (including phenoxy) is 2. The summed E-state index contributed by atoms with van der Waals surface area (Å²) in [5.74, 6) is 1.23. The molecular weight excluding hydrogens is 334 g/mol. The van der Waals surface area contributed by atoms with E-state index < -0.39 is 11.3 Å². The monoisotopic (exact) mass is 353 g/mol. The Morgan fingerprint density at radius 1 is 1.12 bits per heavy atom. The van der Waals surface area contributed by atoms with Crippen LogP contribution in [0, 0.1) is 0 Å². The van der Waals surface area contributed by atoms with E-state index in [-0.39, 0.29) is 0 Å². The molecule has 0 atom stereocenters. The summed E-state index contributed by atoms with van der Waals surface area (Å²) in [6.45, 7) is 3.45. The Morgan fingerprint density at radius 2 is 1.85 bits per heavy atom. The van der Waals surface area contributed by atoms with Crippen LogP contribution in [0.2, 0.25) is 0 Å². The third-order valence-electron chi connectivity index (χ3n) is 4.22. The minimum atomic E-state index is -0.864. The van der Waals surface area contributed by atoms with Crippen LogP contribution in [-0.2, 0) is 10.2 Å². The van der Waals surface area contributed by atoms with Crippen molar-refractivity contribution in [2.45, 2.75) is 19.3 Å². The van der Waals surface area contributed by atoms with Gasteiger partial charge in [0.2, 0.25) is 5.88 Å². The summed E-state index contributed by atoms with van der Waals surface area (Å²) in [7, 11) is 1.55. The molecule has 0 aliphatic carbocycles. The summed E-state index contributed by atoms with van der Waals surface area (Å²) in [5.41, 5.74) is 2.11. The van der Waals surface area contributed by atoms with Crippen molar-refractivity contribution < 1.29 is 19.5 Å².